The number of aliphatic hydroxyl groups excluding tert-OH is 1. The Bertz CT molecular complexity index is 376. The van der Waals surface area contributed by atoms with Crippen molar-refractivity contribution in [1.82, 2.24) is 10.2 Å². The molecule has 0 aromatic carbocycles. The molecule has 0 bridgehead atoms. The summed E-state index contributed by atoms with van der Waals surface area (Å²) >= 11 is 0. The molecule has 94 valence electrons. The molecule has 0 aliphatic carbocycles. The third-order valence-electron chi connectivity index (χ3n) is 2.45. The van der Waals surface area contributed by atoms with Gasteiger partial charge in [-0.1, -0.05) is 13.8 Å². The van der Waals surface area contributed by atoms with Gasteiger partial charge < -0.3 is 16.2 Å². The predicted molar refractivity (Wildman–Crippen MR) is 64.5 cm³/mol. The molecule has 1 aromatic rings. The molecule has 0 atom stereocenters. The molecule has 4 N–H and O–H groups in total. The Morgan fingerprint density at radius 2 is 2.18 bits per heavy atom. The SMILES string of the molecule is CC(C)(CCO)CNc1ccc(C(N)=O)nn1. The Labute approximate surface area is 100 Å². The fourth-order valence-corrected chi connectivity index (χ4v) is 1.28. The van der Waals surface area contributed by atoms with Gasteiger partial charge in [0.1, 0.15) is 5.82 Å². The number of carbonyl (C=O) groups is 1. The molecule has 1 amide bonds. The summed E-state index contributed by atoms with van der Waals surface area (Å²) in [5.41, 5.74) is 5.17. The van der Waals surface area contributed by atoms with Crippen LogP contribution in [0.3, 0.4) is 0 Å². The third kappa shape index (κ3) is 4.36. The first-order chi connectivity index (χ1) is 7.94. The van der Waals surface area contributed by atoms with Gasteiger partial charge in [-0.25, -0.2) is 0 Å². The zero-order valence-electron chi connectivity index (χ0n) is 10.1. The molecule has 0 fully saturated rings. The van der Waals surface area contributed by atoms with Crippen LogP contribution in [0.1, 0.15) is 30.8 Å². The van der Waals surface area contributed by atoms with Crippen LogP contribution in [-0.2, 0) is 0 Å². The fraction of sp³-hybridized carbons (Fsp3) is 0.545. The summed E-state index contributed by atoms with van der Waals surface area (Å²) in [6.07, 6.45) is 0.701. The maximum Gasteiger partial charge on any atom is 0.269 e. The van der Waals surface area contributed by atoms with Crippen LogP contribution >= 0.6 is 0 Å². The molecule has 0 spiro atoms. The van der Waals surface area contributed by atoms with Crippen LogP contribution in [0, 0.1) is 5.41 Å². The van der Waals surface area contributed by atoms with E-state index >= 15 is 0 Å². The van der Waals surface area contributed by atoms with Crippen LogP contribution in [0.15, 0.2) is 12.1 Å². The van der Waals surface area contributed by atoms with E-state index in [1.807, 2.05) is 13.8 Å². The van der Waals surface area contributed by atoms with Crippen LogP contribution in [0.5, 0.6) is 0 Å². The van der Waals surface area contributed by atoms with Gasteiger partial charge in [0.2, 0.25) is 0 Å². The average molecular weight is 238 g/mol. The van der Waals surface area contributed by atoms with Crippen LogP contribution in [0.4, 0.5) is 5.82 Å². The van der Waals surface area contributed by atoms with Gasteiger partial charge in [-0.05, 0) is 24.0 Å². The van der Waals surface area contributed by atoms with Gasteiger partial charge in [0.25, 0.3) is 5.91 Å². The van der Waals surface area contributed by atoms with Crippen molar-refractivity contribution in [2.45, 2.75) is 20.3 Å². The molecule has 1 aromatic heterocycles. The number of nitrogens with one attached hydrogen (secondary N) is 1. The normalized spacial score (nSPS) is 11.2. The summed E-state index contributed by atoms with van der Waals surface area (Å²) in [6, 6.07) is 3.18. The molecule has 1 heterocycles. The molecule has 0 aliphatic rings. The van der Waals surface area contributed by atoms with Gasteiger partial charge in [-0.2, -0.15) is 0 Å². The number of hydrogen-bond acceptors (Lipinski definition) is 5. The number of primary amides is 1. The minimum Gasteiger partial charge on any atom is -0.396 e. The van der Waals surface area contributed by atoms with E-state index in [0.717, 1.165) is 0 Å². The van der Waals surface area contributed by atoms with E-state index in [-0.39, 0.29) is 17.7 Å². The number of rotatable bonds is 6. The van der Waals surface area contributed by atoms with Crippen molar-refractivity contribution in [3.8, 4) is 0 Å². The van der Waals surface area contributed by atoms with Gasteiger partial charge in [-0.3, -0.25) is 4.79 Å². The number of amides is 1. The second-order valence-corrected chi connectivity index (χ2v) is 4.66. The molecular formula is C11H18N4O2. The van der Waals surface area contributed by atoms with Crippen molar-refractivity contribution in [3.63, 3.8) is 0 Å². The van der Waals surface area contributed by atoms with E-state index < -0.39 is 5.91 Å². The van der Waals surface area contributed by atoms with Crippen LogP contribution < -0.4 is 11.1 Å². The highest BCUT2D eigenvalue weighted by Crippen LogP contribution is 2.19. The standard InChI is InChI=1S/C11H18N4O2/c1-11(2,5-6-16)7-13-9-4-3-8(10(12)17)14-15-9/h3-4,16H,5-7H2,1-2H3,(H2,12,17)(H,13,15). The van der Waals surface area contributed by atoms with Crippen LogP contribution in [0.25, 0.3) is 0 Å². The van der Waals surface area contributed by atoms with Crippen molar-refractivity contribution >= 4 is 11.7 Å². The zero-order valence-corrected chi connectivity index (χ0v) is 10.1. The number of anilines is 1. The Hall–Kier alpha value is -1.69. The Morgan fingerprint density at radius 3 is 2.65 bits per heavy atom. The zero-order chi connectivity index (χ0) is 12.9. The smallest absolute Gasteiger partial charge is 0.269 e. The van der Waals surface area contributed by atoms with Crippen LogP contribution in [0.2, 0.25) is 0 Å². The third-order valence-corrected chi connectivity index (χ3v) is 2.45. The molecule has 0 unspecified atom stereocenters. The van der Waals surface area contributed by atoms with E-state index in [4.69, 9.17) is 10.8 Å². The summed E-state index contributed by atoms with van der Waals surface area (Å²) in [6.45, 7) is 4.90. The number of nitrogens with zero attached hydrogens (tertiary/aromatic N) is 2. The van der Waals surface area contributed by atoms with Crippen molar-refractivity contribution in [2.24, 2.45) is 11.1 Å². The Balaban J connectivity index is 2.55. The van der Waals surface area contributed by atoms with Gasteiger partial charge in [0.15, 0.2) is 5.69 Å². The Kier molecular flexibility index (Phi) is 4.39. The van der Waals surface area contributed by atoms with Crippen molar-refractivity contribution in [1.29, 1.82) is 0 Å². The molecular weight excluding hydrogens is 220 g/mol. The number of nitrogens with two attached hydrogens (primary N) is 1. The quantitative estimate of drug-likeness (QED) is 0.665. The largest absolute Gasteiger partial charge is 0.396 e. The minimum absolute atomic E-state index is 0.0290. The summed E-state index contributed by atoms with van der Waals surface area (Å²) in [5.74, 6) is -0.00863. The molecule has 0 radical (unpaired) electrons. The molecule has 6 heteroatoms. The lowest BCUT2D eigenvalue weighted by molar-refractivity contribution is 0.0994. The predicted octanol–water partition coefficient (Wildman–Crippen LogP) is 0.396. The van der Waals surface area contributed by atoms with E-state index in [9.17, 15) is 4.79 Å². The van der Waals surface area contributed by atoms with E-state index in [0.29, 0.717) is 18.8 Å². The maximum atomic E-state index is 10.8. The van der Waals surface area contributed by atoms with Crippen molar-refractivity contribution in [3.05, 3.63) is 17.8 Å². The van der Waals surface area contributed by atoms with Gasteiger partial charge in [0, 0.05) is 13.2 Å². The van der Waals surface area contributed by atoms with E-state index in [1.54, 1.807) is 6.07 Å². The molecule has 0 aliphatic heterocycles. The topological polar surface area (TPSA) is 101 Å². The average Bonchev–Trinajstić information content (AvgIpc) is 2.27. The van der Waals surface area contributed by atoms with E-state index in [2.05, 4.69) is 15.5 Å². The minimum atomic E-state index is -0.593. The monoisotopic (exact) mass is 238 g/mol. The first-order valence-electron chi connectivity index (χ1n) is 5.43. The number of hydrogen-bond donors (Lipinski definition) is 3. The summed E-state index contributed by atoms with van der Waals surface area (Å²) in [5, 5.41) is 19.5. The molecule has 1 rings (SSSR count). The molecule has 6 nitrogen and oxygen atoms in total. The lowest BCUT2D eigenvalue weighted by atomic mass is 9.90. The summed E-state index contributed by atoms with van der Waals surface area (Å²) in [7, 11) is 0. The second-order valence-electron chi connectivity index (χ2n) is 4.66. The van der Waals surface area contributed by atoms with Gasteiger partial charge in [0.05, 0.1) is 0 Å². The highest BCUT2D eigenvalue weighted by atomic mass is 16.3. The highest BCUT2D eigenvalue weighted by molar-refractivity contribution is 5.90. The van der Waals surface area contributed by atoms with Crippen LogP contribution in [-0.4, -0.2) is 34.4 Å². The molecule has 17 heavy (non-hydrogen) atoms. The maximum absolute atomic E-state index is 10.8. The van der Waals surface area contributed by atoms with Crippen molar-refractivity contribution in [2.75, 3.05) is 18.5 Å². The first-order valence-corrected chi connectivity index (χ1v) is 5.43. The van der Waals surface area contributed by atoms with Crippen molar-refractivity contribution < 1.29 is 9.90 Å². The molecule has 0 saturated heterocycles. The lowest BCUT2D eigenvalue weighted by Crippen LogP contribution is -2.25. The lowest BCUT2D eigenvalue weighted by Gasteiger charge is -2.23. The number of aromatic nitrogens is 2. The fourth-order valence-electron chi connectivity index (χ4n) is 1.28. The molecule has 0 saturated carbocycles. The highest BCUT2D eigenvalue weighted by Gasteiger charge is 2.17. The number of aliphatic hydroxyl groups is 1. The first kappa shape index (κ1) is 13.4. The summed E-state index contributed by atoms with van der Waals surface area (Å²) in [4.78, 5) is 10.8. The summed E-state index contributed by atoms with van der Waals surface area (Å²) < 4.78 is 0. The Morgan fingerprint density at radius 1 is 1.47 bits per heavy atom. The number of carbonyl (C=O) groups excluding carboxylic acids is 1. The van der Waals surface area contributed by atoms with Gasteiger partial charge in [-0.15, -0.1) is 10.2 Å². The van der Waals surface area contributed by atoms with Gasteiger partial charge >= 0.3 is 0 Å². The van der Waals surface area contributed by atoms with E-state index in [1.165, 1.54) is 6.07 Å². The second kappa shape index (κ2) is 5.58.